The summed E-state index contributed by atoms with van der Waals surface area (Å²) in [6, 6.07) is 10.7. The molecule has 13 heteroatoms. The Hall–Kier alpha value is -2.36. The topological polar surface area (TPSA) is 129 Å². The van der Waals surface area contributed by atoms with E-state index in [4.69, 9.17) is 33.2 Å². The molecule has 50 heavy (non-hydrogen) atoms. The third-order valence-electron chi connectivity index (χ3n) is 10.3. The summed E-state index contributed by atoms with van der Waals surface area (Å²) in [6.07, 6.45) is 7.35. The molecule has 1 aliphatic heterocycles. The van der Waals surface area contributed by atoms with Crippen molar-refractivity contribution in [1.82, 2.24) is 20.4 Å². The Morgan fingerprint density at radius 2 is 1.28 bits per heavy atom. The minimum Gasteiger partial charge on any atom is -0.382 e. The molecule has 1 saturated heterocycles. The number of nitrogens with zero attached hydrogens (tertiary/aromatic N) is 2. The quantitative estimate of drug-likeness (QED) is 0.132. The number of rotatable bonds is 27. The van der Waals surface area contributed by atoms with Crippen LogP contribution in [-0.4, -0.2) is 154 Å². The van der Waals surface area contributed by atoms with Gasteiger partial charge >= 0.3 is 6.03 Å². The molecule has 3 fully saturated rings. The average Bonchev–Trinajstić information content (AvgIpc) is 3.36. The number of hydrogen-bond acceptors (Lipinski definition) is 10. The zero-order valence-electron chi connectivity index (χ0n) is 30.5. The van der Waals surface area contributed by atoms with Crippen LogP contribution < -0.4 is 10.6 Å². The van der Waals surface area contributed by atoms with Gasteiger partial charge in [0, 0.05) is 32.3 Å². The van der Waals surface area contributed by atoms with Crippen LogP contribution in [0.2, 0.25) is 0 Å². The van der Waals surface area contributed by atoms with Gasteiger partial charge < -0.3 is 53.6 Å². The summed E-state index contributed by atoms with van der Waals surface area (Å²) < 4.78 is 37.8. The van der Waals surface area contributed by atoms with E-state index in [1.807, 2.05) is 7.05 Å². The van der Waals surface area contributed by atoms with Gasteiger partial charge in [-0.15, -0.1) is 0 Å². The zero-order valence-corrected chi connectivity index (χ0v) is 30.5. The van der Waals surface area contributed by atoms with E-state index in [2.05, 4.69) is 45.9 Å². The van der Waals surface area contributed by atoms with Crippen molar-refractivity contribution in [3.05, 3.63) is 35.9 Å². The number of nitrogens with one attached hydrogen (secondary N) is 2. The van der Waals surface area contributed by atoms with Crippen molar-refractivity contribution in [3.63, 3.8) is 0 Å². The van der Waals surface area contributed by atoms with Crippen LogP contribution in [-0.2, 0) is 43.5 Å². The molecule has 4 rings (SSSR count). The van der Waals surface area contributed by atoms with Crippen molar-refractivity contribution in [2.75, 3.05) is 126 Å². The van der Waals surface area contributed by atoms with Crippen LogP contribution in [0.4, 0.5) is 4.79 Å². The maximum absolute atomic E-state index is 13.7. The van der Waals surface area contributed by atoms with E-state index in [0.29, 0.717) is 105 Å². The lowest BCUT2D eigenvalue weighted by Crippen LogP contribution is -2.56. The first kappa shape index (κ1) is 40.4. The first-order chi connectivity index (χ1) is 24.5. The molecule has 1 aromatic carbocycles. The van der Waals surface area contributed by atoms with Crippen molar-refractivity contribution < 1.29 is 42.7 Å². The monoisotopic (exact) mass is 706 g/mol. The number of methoxy groups -OCH3 is 1. The molecule has 0 unspecified atom stereocenters. The second-order valence-electron chi connectivity index (χ2n) is 13.5. The Kier molecular flexibility index (Phi) is 18.2. The van der Waals surface area contributed by atoms with Crippen LogP contribution in [0.1, 0.15) is 50.5 Å². The Bertz CT molecular complexity index is 1090. The van der Waals surface area contributed by atoms with Crippen LogP contribution in [0.3, 0.4) is 0 Å². The molecule has 0 bridgehead atoms. The summed E-state index contributed by atoms with van der Waals surface area (Å²) in [7, 11) is 3.69. The molecule has 1 aromatic rings. The normalized spacial score (nSPS) is 22.4. The van der Waals surface area contributed by atoms with Gasteiger partial charge in [0.05, 0.1) is 91.4 Å². The number of carbonyl (C=O) groups excluding carboxylic acids is 2. The predicted molar refractivity (Wildman–Crippen MR) is 189 cm³/mol. The molecule has 3 aliphatic rings. The van der Waals surface area contributed by atoms with Crippen molar-refractivity contribution in [3.8, 4) is 0 Å². The SMILES string of the molecule is CN[C@]1(c2ccccc2)CC[C@@]2(CC1)CN(CC(=O)NCCOCCOCCOCCOCCOCCOCCOC)C(=O)N2CC1CCC1. The van der Waals surface area contributed by atoms with Gasteiger partial charge in [-0.2, -0.15) is 0 Å². The van der Waals surface area contributed by atoms with Gasteiger partial charge in [0.1, 0.15) is 6.54 Å². The number of urea groups is 1. The maximum Gasteiger partial charge on any atom is 0.321 e. The molecule has 13 nitrogen and oxygen atoms in total. The molecular formula is C37H62N4O9. The molecular weight excluding hydrogens is 644 g/mol. The second kappa shape index (κ2) is 22.5. The molecule has 1 heterocycles. The standard InChI is InChI=1S/C37H62N4O9/c1-38-37(33-9-4-3-5-10-33)13-11-36(12-14-37)31-40(35(43)41(36)29-32-7-6-8-32)30-34(42)39-15-16-45-19-20-47-23-24-49-27-28-50-26-25-48-22-21-46-18-17-44-2/h3-5,9-10,32,38H,6-8,11-31H2,1-2H3,(H,39,42)/t36-,37-. The lowest BCUT2D eigenvalue weighted by molar-refractivity contribution is -0.121. The van der Waals surface area contributed by atoms with Gasteiger partial charge in [-0.1, -0.05) is 36.8 Å². The van der Waals surface area contributed by atoms with Crippen molar-refractivity contribution >= 4 is 11.9 Å². The van der Waals surface area contributed by atoms with E-state index < -0.39 is 0 Å². The summed E-state index contributed by atoms with van der Waals surface area (Å²) in [5.41, 5.74) is 0.993. The lowest BCUT2D eigenvalue weighted by atomic mass is 9.68. The Morgan fingerprint density at radius 1 is 0.760 bits per heavy atom. The van der Waals surface area contributed by atoms with E-state index in [9.17, 15) is 9.59 Å². The summed E-state index contributed by atoms with van der Waals surface area (Å²) in [5, 5.41) is 6.55. The van der Waals surface area contributed by atoms with Crippen LogP contribution in [0, 0.1) is 5.92 Å². The molecule has 2 N–H and O–H groups in total. The van der Waals surface area contributed by atoms with Gasteiger partial charge in [0.15, 0.2) is 0 Å². The number of amides is 3. The van der Waals surface area contributed by atoms with Crippen molar-refractivity contribution in [1.29, 1.82) is 0 Å². The Morgan fingerprint density at radius 3 is 1.76 bits per heavy atom. The van der Waals surface area contributed by atoms with Crippen LogP contribution in [0.25, 0.3) is 0 Å². The van der Waals surface area contributed by atoms with Gasteiger partial charge in [0.25, 0.3) is 0 Å². The largest absolute Gasteiger partial charge is 0.382 e. The predicted octanol–water partition coefficient (Wildman–Crippen LogP) is 2.81. The zero-order chi connectivity index (χ0) is 35.3. The molecule has 0 radical (unpaired) electrons. The number of ether oxygens (including phenoxy) is 7. The Labute approximate surface area is 298 Å². The van der Waals surface area contributed by atoms with Crippen molar-refractivity contribution in [2.45, 2.75) is 56.0 Å². The first-order valence-electron chi connectivity index (χ1n) is 18.5. The highest BCUT2D eigenvalue weighted by Crippen LogP contribution is 2.47. The minimum absolute atomic E-state index is 0.00903. The summed E-state index contributed by atoms with van der Waals surface area (Å²) >= 11 is 0. The van der Waals surface area contributed by atoms with Crippen LogP contribution in [0.5, 0.6) is 0 Å². The van der Waals surface area contributed by atoms with Crippen LogP contribution in [0.15, 0.2) is 30.3 Å². The summed E-state index contributed by atoms with van der Waals surface area (Å²) in [5.74, 6) is 0.419. The van der Waals surface area contributed by atoms with Crippen molar-refractivity contribution in [2.24, 2.45) is 5.92 Å². The highest BCUT2D eigenvalue weighted by molar-refractivity contribution is 5.86. The van der Waals surface area contributed by atoms with E-state index in [0.717, 1.165) is 32.2 Å². The fourth-order valence-electron chi connectivity index (χ4n) is 7.06. The van der Waals surface area contributed by atoms with Gasteiger partial charge in [-0.05, 0) is 57.1 Å². The fraction of sp³-hybridized carbons (Fsp3) is 0.784. The summed E-state index contributed by atoms with van der Waals surface area (Å²) in [6.45, 7) is 8.33. The van der Waals surface area contributed by atoms with E-state index in [1.54, 1.807) is 12.0 Å². The summed E-state index contributed by atoms with van der Waals surface area (Å²) in [4.78, 5) is 30.5. The average molecular weight is 707 g/mol. The van der Waals surface area contributed by atoms with Gasteiger partial charge in [0.2, 0.25) is 5.91 Å². The van der Waals surface area contributed by atoms with Gasteiger partial charge in [-0.25, -0.2) is 4.79 Å². The highest BCUT2D eigenvalue weighted by atomic mass is 16.6. The van der Waals surface area contributed by atoms with E-state index >= 15 is 0 Å². The molecule has 0 atom stereocenters. The molecule has 1 spiro atoms. The number of carbonyl (C=O) groups is 2. The first-order valence-corrected chi connectivity index (χ1v) is 18.5. The van der Waals surface area contributed by atoms with E-state index in [1.165, 1.54) is 24.8 Å². The molecule has 284 valence electrons. The number of hydrogen-bond donors (Lipinski definition) is 2. The molecule has 2 saturated carbocycles. The molecule has 2 aliphatic carbocycles. The maximum atomic E-state index is 13.7. The highest BCUT2D eigenvalue weighted by Gasteiger charge is 2.54. The second-order valence-corrected chi connectivity index (χ2v) is 13.5. The lowest BCUT2D eigenvalue weighted by Gasteiger charge is -2.49. The third-order valence-corrected chi connectivity index (χ3v) is 10.3. The molecule has 0 aromatic heterocycles. The Balaban J connectivity index is 1.02. The van der Waals surface area contributed by atoms with Gasteiger partial charge in [-0.3, -0.25) is 4.79 Å². The smallest absolute Gasteiger partial charge is 0.321 e. The molecule has 3 amide bonds. The van der Waals surface area contributed by atoms with E-state index in [-0.39, 0.29) is 29.6 Å². The number of benzene rings is 1. The third kappa shape index (κ3) is 12.7. The minimum atomic E-state index is -0.222. The fourth-order valence-corrected chi connectivity index (χ4v) is 7.06. The van der Waals surface area contributed by atoms with Crippen LogP contribution >= 0.6 is 0 Å².